The molecule has 1 unspecified atom stereocenters. The van der Waals surface area contributed by atoms with E-state index in [1.807, 2.05) is 6.07 Å². The van der Waals surface area contributed by atoms with Crippen molar-refractivity contribution in [2.75, 3.05) is 11.4 Å². The Morgan fingerprint density at radius 2 is 1.90 bits per heavy atom. The fourth-order valence-corrected chi connectivity index (χ4v) is 3.86. The van der Waals surface area contributed by atoms with Crippen LogP contribution in [0.1, 0.15) is 30.7 Å². The van der Waals surface area contributed by atoms with E-state index < -0.39 is 48.9 Å². The molecule has 15 nitrogen and oxygen atoms in total. The van der Waals surface area contributed by atoms with Crippen molar-refractivity contribution in [1.29, 1.82) is 0 Å². The number of aromatic nitrogens is 6. The Morgan fingerprint density at radius 3 is 2.60 bits per heavy atom. The Balaban J connectivity index is 0.00000280. The van der Waals surface area contributed by atoms with E-state index in [0.29, 0.717) is 25.2 Å². The van der Waals surface area contributed by atoms with E-state index in [-0.39, 0.29) is 44.0 Å². The first kappa shape index (κ1) is 32.0. The van der Waals surface area contributed by atoms with E-state index >= 15 is 0 Å². The van der Waals surface area contributed by atoms with Crippen molar-refractivity contribution in [3.8, 4) is 0 Å². The molecule has 40 heavy (non-hydrogen) atoms. The molecule has 2 aromatic heterocycles. The van der Waals surface area contributed by atoms with Gasteiger partial charge in [0, 0.05) is 18.9 Å². The molecule has 1 fully saturated rings. The van der Waals surface area contributed by atoms with Crippen molar-refractivity contribution >= 4 is 54.6 Å². The number of ketones is 1. The minimum atomic E-state index is -1.37. The lowest BCUT2D eigenvalue weighted by atomic mass is 10.1. The number of rotatable bonds is 12. The second-order valence-corrected chi connectivity index (χ2v) is 8.44. The van der Waals surface area contributed by atoms with Gasteiger partial charge in [0.1, 0.15) is 37.7 Å². The monoisotopic (exact) mass is 598 g/mol. The Morgan fingerprint density at radius 1 is 1.12 bits per heavy atom. The lowest BCUT2D eigenvalue weighted by Crippen LogP contribution is -2.44. The van der Waals surface area contributed by atoms with E-state index in [9.17, 15) is 24.3 Å². The molecule has 0 spiro atoms. The minimum absolute atomic E-state index is 0. The number of ether oxygens (including phenoxy) is 2. The second-order valence-electron chi connectivity index (χ2n) is 8.44. The smallest absolute Gasteiger partial charge is 0.408 e. The van der Waals surface area contributed by atoms with Crippen LogP contribution in [0.5, 0.6) is 0 Å². The summed E-state index contributed by atoms with van der Waals surface area (Å²) in [5.41, 5.74) is 0.730. The first-order chi connectivity index (χ1) is 18.4. The number of H-pyrrole nitrogens is 1. The zero-order valence-corrected chi connectivity index (χ0v) is 22.7. The number of carbonyl (C=O) groups is 4. The highest BCUT2D eigenvalue weighted by Gasteiger charge is 2.35. The number of carboxylic acid groups (broad SMARTS) is 1. The lowest BCUT2D eigenvalue weighted by Gasteiger charge is -2.20. The van der Waals surface area contributed by atoms with Crippen molar-refractivity contribution in [3.05, 3.63) is 54.1 Å². The van der Waals surface area contributed by atoms with Crippen LogP contribution < -0.4 is 10.2 Å². The highest BCUT2D eigenvalue weighted by Crippen LogP contribution is 2.23. The average Bonchev–Trinajstić information content (AvgIpc) is 3.68. The van der Waals surface area contributed by atoms with Crippen LogP contribution in [0.4, 0.5) is 10.7 Å². The summed E-state index contributed by atoms with van der Waals surface area (Å²) in [6, 6.07) is 6.88. The van der Waals surface area contributed by atoms with Crippen LogP contribution in [-0.2, 0) is 43.6 Å². The van der Waals surface area contributed by atoms with Gasteiger partial charge in [-0.25, -0.2) is 14.6 Å². The normalized spacial score (nSPS) is 14.8. The maximum absolute atomic E-state index is 12.8. The lowest BCUT2D eigenvalue weighted by molar-refractivity contribution is -0.146. The number of carbonyl (C=O) groups excluding carboxylic acids is 3. The number of nitrogens with zero attached hydrogens (tertiary/aromatic N) is 6. The van der Waals surface area contributed by atoms with Crippen molar-refractivity contribution in [2.45, 2.75) is 51.1 Å². The van der Waals surface area contributed by atoms with Gasteiger partial charge < -0.3 is 29.8 Å². The van der Waals surface area contributed by atoms with Crippen LogP contribution in [0.25, 0.3) is 0 Å². The van der Waals surface area contributed by atoms with E-state index in [4.69, 9.17) is 9.47 Å². The standard InChI is InChI=1S/C23H26N8O7.2ClH/c32-18(16(11-20(33)34)26-23(36)38-13-15-5-2-1-3-6-15)12-31-28-22(27-29-31)30-10-4-7-17(30)21(35)37-14-19-24-8-9-25-19;;/h1-3,5-6,8-9,16-17H,4,7,10-14H2,(H,24,25)(H,26,36)(H,33,34);2*1H/t16?,17-;;/m1../s1. The highest BCUT2D eigenvalue weighted by atomic mass is 35.5. The minimum Gasteiger partial charge on any atom is -0.481 e. The number of Topliss-reactive ketones (excluding diaryl/α,β-unsaturated/α-hetero) is 1. The molecule has 0 bridgehead atoms. The van der Waals surface area contributed by atoms with Gasteiger partial charge in [0.25, 0.3) is 5.95 Å². The summed E-state index contributed by atoms with van der Waals surface area (Å²) in [5.74, 6) is -1.78. The zero-order valence-electron chi connectivity index (χ0n) is 21.0. The van der Waals surface area contributed by atoms with E-state index in [0.717, 1.165) is 10.4 Å². The number of hydrogen-bond donors (Lipinski definition) is 3. The van der Waals surface area contributed by atoms with Crippen LogP contribution in [0.15, 0.2) is 42.7 Å². The summed E-state index contributed by atoms with van der Waals surface area (Å²) in [5, 5.41) is 23.5. The van der Waals surface area contributed by atoms with Crippen LogP contribution in [-0.4, -0.2) is 77.7 Å². The molecule has 1 aromatic carbocycles. The number of aliphatic carboxylic acids is 1. The van der Waals surface area contributed by atoms with Gasteiger partial charge >= 0.3 is 18.0 Å². The van der Waals surface area contributed by atoms with E-state index in [2.05, 4.69) is 30.7 Å². The molecule has 0 radical (unpaired) electrons. The van der Waals surface area contributed by atoms with Crippen LogP contribution in [0.2, 0.25) is 0 Å². The number of anilines is 1. The Hall–Kier alpha value is -4.24. The molecule has 1 aliphatic rings. The van der Waals surface area contributed by atoms with Gasteiger partial charge in [-0.3, -0.25) is 9.59 Å². The Labute approximate surface area is 240 Å². The van der Waals surface area contributed by atoms with Crippen LogP contribution in [0, 0.1) is 0 Å². The number of aromatic amines is 1. The SMILES string of the molecule is Cl.Cl.O=C(O)CC(NC(=O)OCc1ccccc1)C(=O)Cn1nnc(N2CCC[C@@H]2C(=O)OCc2ncc[nH]2)n1. The Kier molecular flexibility index (Phi) is 12.3. The van der Waals surface area contributed by atoms with Crippen molar-refractivity contribution in [1.82, 2.24) is 35.5 Å². The summed E-state index contributed by atoms with van der Waals surface area (Å²) in [4.78, 5) is 58.3. The fraction of sp³-hybridized carbons (Fsp3) is 0.391. The second kappa shape index (κ2) is 15.4. The third-order valence-electron chi connectivity index (χ3n) is 5.70. The first-order valence-corrected chi connectivity index (χ1v) is 11.8. The number of tetrazole rings is 1. The highest BCUT2D eigenvalue weighted by molar-refractivity contribution is 5.90. The molecular formula is C23H28Cl2N8O7. The molecule has 2 atom stereocenters. The maximum atomic E-state index is 12.8. The number of carboxylic acids is 1. The maximum Gasteiger partial charge on any atom is 0.408 e. The Bertz CT molecular complexity index is 1260. The van der Waals surface area contributed by atoms with Crippen molar-refractivity contribution in [3.63, 3.8) is 0 Å². The summed E-state index contributed by atoms with van der Waals surface area (Å²) < 4.78 is 10.4. The summed E-state index contributed by atoms with van der Waals surface area (Å²) in [6.07, 6.45) is 2.81. The molecule has 17 heteroatoms. The van der Waals surface area contributed by atoms with Crippen LogP contribution >= 0.6 is 24.8 Å². The van der Waals surface area contributed by atoms with Gasteiger partial charge in [0.05, 0.1) is 6.42 Å². The molecule has 3 N–H and O–H groups in total. The molecule has 1 saturated heterocycles. The number of nitrogens with one attached hydrogen (secondary N) is 2. The molecule has 4 rings (SSSR count). The van der Waals surface area contributed by atoms with Crippen molar-refractivity contribution < 1.29 is 33.8 Å². The number of alkyl carbamates (subject to hydrolysis) is 1. The average molecular weight is 599 g/mol. The summed E-state index contributed by atoms with van der Waals surface area (Å²) >= 11 is 0. The van der Waals surface area contributed by atoms with Gasteiger partial charge in [-0.05, 0) is 23.6 Å². The summed E-state index contributed by atoms with van der Waals surface area (Å²) in [6.45, 7) is -0.0197. The topological polar surface area (TPSA) is 195 Å². The number of esters is 1. The van der Waals surface area contributed by atoms with Gasteiger partial charge in [0.2, 0.25) is 0 Å². The van der Waals surface area contributed by atoms with Gasteiger partial charge in [0.15, 0.2) is 5.78 Å². The summed E-state index contributed by atoms with van der Waals surface area (Å²) in [7, 11) is 0. The molecular weight excluding hydrogens is 571 g/mol. The van der Waals surface area contributed by atoms with Crippen molar-refractivity contribution in [2.24, 2.45) is 0 Å². The number of amides is 1. The number of imidazole rings is 1. The van der Waals surface area contributed by atoms with E-state index in [1.54, 1.807) is 41.6 Å². The zero-order chi connectivity index (χ0) is 26.9. The fourth-order valence-electron chi connectivity index (χ4n) is 3.86. The van der Waals surface area contributed by atoms with Crippen LogP contribution in [0.3, 0.4) is 0 Å². The third kappa shape index (κ3) is 8.91. The first-order valence-electron chi connectivity index (χ1n) is 11.8. The van der Waals surface area contributed by atoms with Gasteiger partial charge in [-0.1, -0.05) is 35.4 Å². The quantitative estimate of drug-likeness (QED) is 0.253. The number of benzene rings is 1. The van der Waals surface area contributed by atoms with Gasteiger partial charge in [-0.2, -0.15) is 4.80 Å². The molecule has 216 valence electrons. The molecule has 3 aromatic rings. The number of halogens is 2. The van der Waals surface area contributed by atoms with E-state index in [1.165, 1.54) is 0 Å². The molecule has 0 saturated carbocycles. The largest absolute Gasteiger partial charge is 0.481 e. The molecule has 3 heterocycles. The predicted molar refractivity (Wildman–Crippen MR) is 142 cm³/mol. The molecule has 1 amide bonds. The third-order valence-corrected chi connectivity index (χ3v) is 5.70. The predicted octanol–water partition coefficient (Wildman–Crippen LogP) is 1.29. The molecule has 1 aliphatic heterocycles. The number of hydrogen-bond acceptors (Lipinski definition) is 11. The van der Waals surface area contributed by atoms with Gasteiger partial charge in [-0.15, -0.1) is 29.9 Å². The molecule has 0 aliphatic carbocycles.